The minimum Gasteiger partial charge on any atom is -0.480 e. The number of imide groups is 1. The van der Waals surface area contributed by atoms with E-state index in [0.29, 0.717) is 12.0 Å². The highest BCUT2D eigenvalue weighted by atomic mass is 35.5. The summed E-state index contributed by atoms with van der Waals surface area (Å²) in [5.41, 5.74) is 0.173. The smallest absolute Gasteiger partial charge is 0.325 e. The van der Waals surface area contributed by atoms with Crippen LogP contribution in [0.4, 0.5) is 0 Å². The van der Waals surface area contributed by atoms with Crippen LogP contribution < -0.4 is 5.32 Å². The molecule has 2 aromatic carbocycles. The number of nitrogens with zero attached hydrogens (tertiary/aromatic N) is 1. The molecule has 2 fully saturated rings. The lowest BCUT2D eigenvalue weighted by atomic mass is 9.76. The maximum atomic E-state index is 14.0. The molecule has 2 aliphatic heterocycles. The number of carboxylic acid groups (broad SMARTS) is 1. The Morgan fingerprint density at radius 1 is 1.10 bits per heavy atom. The fourth-order valence-electron chi connectivity index (χ4n) is 6.13. The van der Waals surface area contributed by atoms with Crippen molar-refractivity contribution in [2.24, 2.45) is 11.8 Å². The van der Waals surface area contributed by atoms with Crippen LogP contribution in [-0.4, -0.2) is 44.9 Å². The van der Waals surface area contributed by atoms with Crippen molar-refractivity contribution >= 4 is 63.5 Å². The molecule has 0 aliphatic carbocycles. The fraction of sp³-hybridized carbons (Fsp3) is 0.367. The summed E-state index contributed by atoms with van der Waals surface area (Å²) >= 11 is 19.2. The van der Waals surface area contributed by atoms with Crippen LogP contribution >= 0.6 is 34.8 Å². The lowest BCUT2D eigenvalue weighted by Gasteiger charge is -2.31. The predicted molar refractivity (Wildman–Crippen MR) is 157 cm³/mol. The first-order chi connectivity index (χ1) is 19.2. The molecule has 1 aromatic heterocycles. The van der Waals surface area contributed by atoms with E-state index in [1.807, 2.05) is 36.4 Å². The van der Waals surface area contributed by atoms with Crippen molar-refractivity contribution in [2.75, 3.05) is 6.54 Å². The van der Waals surface area contributed by atoms with Crippen LogP contribution in [0.3, 0.4) is 0 Å². The van der Waals surface area contributed by atoms with E-state index in [-0.39, 0.29) is 28.0 Å². The highest BCUT2D eigenvalue weighted by molar-refractivity contribution is 6.43. The first-order valence-electron chi connectivity index (χ1n) is 13.4. The molecule has 0 bridgehead atoms. The normalized spacial score (nSPS) is 24.5. The van der Waals surface area contributed by atoms with E-state index in [1.54, 1.807) is 12.3 Å². The quantitative estimate of drug-likeness (QED) is 0.105. The van der Waals surface area contributed by atoms with Crippen molar-refractivity contribution in [3.05, 3.63) is 80.9 Å². The standard InChI is InChI=1S/C30H30Cl3N3O4/c1-2-3-4-5-6-9-12-36-27(37)23-24(28(36)38)30(29(39)40,15-17-16-34-22-11-8-7-10-19(17)22)35-26(23)20-13-18(31)14-21(32)25(20)33/h5-8,10-11,13-14,16,23-24,26,34-35H,2-4,9,12,15H2,1H3,(H,39,40)/b6-5+. The van der Waals surface area contributed by atoms with E-state index in [0.717, 1.165) is 35.7 Å². The van der Waals surface area contributed by atoms with Gasteiger partial charge in [0.05, 0.1) is 21.9 Å². The second kappa shape index (κ2) is 11.6. The summed E-state index contributed by atoms with van der Waals surface area (Å²) in [5, 5.41) is 15.4. The van der Waals surface area contributed by atoms with Gasteiger partial charge in [-0.05, 0) is 42.2 Å². The zero-order valence-corrected chi connectivity index (χ0v) is 24.2. The fourth-order valence-corrected chi connectivity index (χ4v) is 6.86. The lowest BCUT2D eigenvalue weighted by Crippen LogP contribution is -2.57. The number of unbranched alkanes of at least 4 members (excludes halogenated alkanes) is 2. The van der Waals surface area contributed by atoms with Crippen LogP contribution in [0.15, 0.2) is 54.7 Å². The van der Waals surface area contributed by atoms with E-state index in [4.69, 9.17) is 34.8 Å². The Kier molecular flexibility index (Phi) is 8.30. The molecule has 2 amide bonds. The molecule has 10 heteroatoms. The number of carboxylic acids is 1. The molecule has 0 radical (unpaired) electrons. The number of hydrogen-bond donors (Lipinski definition) is 3. The molecule has 7 nitrogen and oxygen atoms in total. The first-order valence-corrected chi connectivity index (χ1v) is 14.5. The van der Waals surface area contributed by atoms with Crippen molar-refractivity contribution in [3.8, 4) is 0 Å². The Morgan fingerprint density at radius 3 is 2.60 bits per heavy atom. The molecular weight excluding hydrogens is 573 g/mol. The third-order valence-corrected chi connectivity index (χ3v) is 9.07. The van der Waals surface area contributed by atoms with Crippen LogP contribution in [0.25, 0.3) is 10.9 Å². The minimum atomic E-state index is -1.78. The summed E-state index contributed by atoms with van der Waals surface area (Å²) in [5.74, 6) is -4.30. The Labute approximate surface area is 247 Å². The number of allylic oxidation sites excluding steroid dienone is 1. The number of hydrogen-bond acceptors (Lipinski definition) is 4. The van der Waals surface area contributed by atoms with Gasteiger partial charge in [-0.1, -0.05) is 84.9 Å². The number of benzene rings is 2. The third kappa shape index (κ3) is 4.94. The number of aromatic amines is 1. The summed E-state index contributed by atoms with van der Waals surface area (Å²) in [7, 11) is 0. The average Bonchev–Trinajstić information content (AvgIpc) is 3.56. The zero-order valence-electron chi connectivity index (χ0n) is 21.9. The molecule has 0 saturated carbocycles. The molecule has 0 spiro atoms. The SMILES string of the molecule is CCCC/C=C/CCN1C(=O)C2C(c3cc(Cl)cc(Cl)c3Cl)NC(Cc3c[nH]c4ccccc34)(C(=O)O)C2C1=O. The largest absolute Gasteiger partial charge is 0.480 e. The number of amides is 2. The van der Waals surface area contributed by atoms with Gasteiger partial charge in [-0.15, -0.1) is 0 Å². The topological polar surface area (TPSA) is 102 Å². The number of fused-ring (bicyclic) bond motifs is 2. The van der Waals surface area contributed by atoms with E-state index in [2.05, 4.69) is 17.2 Å². The van der Waals surface area contributed by atoms with E-state index in [1.165, 1.54) is 11.0 Å². The second-order valence-electron chi connectivity index (χ2n) is 10.5. The minimum absolute atomic E-state index is 0.0281. The van der Waals surface area contributed by atoms with Gasteiger partial charge >= 0.3 is 5.97 Å². The van der Waals surface area contributed by atoms with Crippen LogP contribution in [-0.2, 0) is 20.8 Å². The van der Waals surface area contributed by atoms with Crippen molar-refractivity contribution in [3.63, 3.8) is 0 Å². The Morgan fingerprint density at radius 2 is 1.85 bits per heavy atom. The lowest BCUT2D eigenvalue weighted by molar-refractivity contribution is -0.151. The second-order valence-corrected chi connectivity index (χ2v) is 11.7. The summed E-state index contributed by atoms with van der Waals surface area (Å²) in [6.07, 6.45) is 9.29. The van der Waals surface area contributed by atoms with Crippen molar-refractivity contribution in [2.45, 2.75) is 50.6 Å². The summed E-state index contributed by atoms with van der Waals surface area (Å²) in [6.45, 7) is 2.29. The molecule has 210 valence electrons. The predicted octanol–water partition coefficient (Wildman–Crippen LogP) is 6.58. The maximum absolute atomic E-state index is 14.0. The van der Waals surface area contributed by atoms with Crippen LogP contribution in [0, 0.1) is 11.8 Å². The number of aromatic nitrogens is 1. The first kappa shape index (κ1) is 28.7. The summed E-state index contributed by atoms with van der Waals surface area (Å²) in [6, 6.07) is 9.71. The van der Waals surface area contributed by atoms with E-state index < -0.39 is 41.2 Å². The number of nitrogens with one attached hydrogen (secondary N) is 2. The van der Waals surface area contributed by atoms with Gasteiger partial charge in [-0.2, -0.15) is 0 Å². The third-order valence-electron chi connectivity index (χ3n) is 8.04. The molecule has 2 saturated heterocycles. The van der Waals surface area contributed by atoms with Crippen molar-refractivity contribution in [1.29, 1.82) is 0 Å². The average molecular weight is 603 g/mol. The monoisotopic (exact) mass is 601 g/mol. The maximum Gasteiger partial charge on any atom is 0.325 e. The van der Waals surface area contributed by atoms with Gasteiger partial charge in [0.2, 0.25) is 11.8 Å². The van der Waals surface area contributed by atoms with Crippen LogP contribution in [0.5, 0.6) is 0 Å². The van der Waals surface area contributed by atoms with Gasteiger partial charge in [0.15, 0.2) is 0 Å². The molecular formula is C30H30Cl3N3O4. The summed E-state index contributed by atoms with van der Waals surface area (Å²) < 4.78 is 0. The number of H-pyrrole nitrogens is 1. The van der Waals surface area contributed by atoms with E-state index in [9.17, 15) is 19.5 Å². The number of carbonyl (C=O) groups is 3. The molecule has 4 unspecified atom stereocenters. The van der Waals surface area contributed by atoms with Gasteiger partial charge < -0.3 is 10.1 Å². The molecule has 2 aliphatic rings. The molecule has 40 heavy (non-hydrogen) atoms. The number of rotatable bonds is 10. The Bertz CT molecular complexity index is 1500. The number of likely N-dealkylation sites (tertiary alicyclic amines) is 1. The molecule has 3 heterocycles. The van der Waals surface area contributed by atoms with Crippen LogP contribution in [0.2, 0.25) is 15.1 Å². The molecule has 3 aromatic rings. The number of aliphatic carboxylic acids is 1. The van der Waals surface area contributed by atoms with E-state index >= 15 is 0 Å². The highest BCUT2D eigenvalue weighted by Crippen LogP contribution is 2.52. The molecule has 3 N–H and O–H groups in total. The number of halogens is 3. The Hall–Kier alpha value is -2.84. The number of carbonyl (C=O) groups excluding carboxylic acids is 2. The highest BCUT2D eigenvalue weighted by Gasteiger charge is 2.68. The van der Waals surface area contributed by atoms with Crippen molar-refractivity contribution in [1.82, 2.24) is 15.2 Å². The van der Waals surface area contributed by atoms with Crippen LogP contribution in [0.1, 0.15) is 49.8 Å². The van der Waals surface area contributed by atoms with Gasteiger partial charge in [-0.25, -0.2) is 0 Å². The summed E-state index contributed by atoms with van der Waals surface area (Å²) in [4.78, 5) is 45.4. The van der Waals surface area contributed by atoms with Gasteiger partial charge in [0, 0.05) is 41.1 Å². The molecule has 5 rings (SSSR count). The van der Waals surface area contributed by atoms with Crippen molar-refractivity contribution < 1.29 is 19.5 Å². The Balaban J connectivity index is 1.57. The van der Waals surface area contributed by atoms with Gasteiger partial charge in [0.25, 0.3) is 0 Å². The van der Waals surface area contributed by atoms with Gasteiger partial charge in [-0.3, -0.25) is 24.6 Å². The number of para-hydroxylation sites is 1. The zero-order chi connectivity index (χ0) is 28.6. The molecule has 4 atom stereocenters. The van der Waals surface area contributed by atoms with Gasteiger partial charge in [0.1, 0.15) is 5.54 Å².